The third-order valence-electron chi connectivity index (χ3n) is 3.43. The number of hydrogen-bond acceptors (Lipinski definition) is 6. The third-order valence-corrected chi connectivity index (χ3v) is 3.43. The Morgan fingerprint density at radius 2 is 1.48 bits per heavy atom. The van der Waals surface area contributed by atoms with E-state index in [2.05, 4.69) is 4.74 Å². The lowest BCUT2D eigenvalue weighted by molar-refractivity contribution is -0.123. The monoisotopic (exact) mass is 372 g/mol. The molecule has 0 N–H and O–H groups in total. The second-order valence-electron chi connectivity index (χ2n) is 5.29. The van der Waals surface area contributed by atoms with E-state index in [4.69, 9.17) is 9.47 Å². The molecule has 0 saturated heterocycles. The van der Waals surface area contributed by atoms with Gasteiger partial charge < -0.3 is 14.2 Å². The number of benzene rings is 2. The summed E-state index contributed by atoms with van der Waals surface area (Å²) < 4.78 is 14.6. The van der Waals surface area contributed by atoms with E-state index >= 15 is 0 Å². The maximum atomic E-state index is 11.9. The van der Waals surface area contributed by atoms with E-state index in [0.29, 0.717) is 24.3 Å². The fraction of sp³-hybridized carbons (Fsp3) is 0.286. The predicted octanol–water partition coefficient (Wildman–Crippen LogP) is 3.58. The van der Waals surface area contributed by atoms with E-state index in [1.807, 2.05) is 38.1 Å². The van der Waals surface area contributed by atoms with E-state index in [9.17, 15) is 14.4 Å². The first-order valence-electron chi connectivity index (χ1n) is 8.57. The lowest BCUT2D eigenvalue weighted by Crippen LogP contribution is -2.27. The quantitative estimate of drug-likeness (QED) is 0.232. The Morgan fingerprint density at radius 3 is 2.00 bits per heavy atom. The van der Waals surface area contributed by atoms with Crippen molar-refractivity contribution in [1.82, 2.24) is 0 Å². The van der Waals surface area contributed by atoms with E-state index in [1.165, 1.54) is 0 Å². The summed E-state index contributed by atoms with van der Waals surface area (Å²) in [5.41, 5.74) is 1.83. The van der Waals surface area contributed by atoms with Crippen LogP contribution in [0.5, 0.6) is 0 Å². The zero-order valence-corrected chi connectivity index (χ0v) is 15.7. The van der Waals surface area contributed by atoms with Crippen molar-refractivity contribution in [1.29, 1.82) is 0 Å². The normalized spacial score (nSPS) is 9.93. The highest BCUT2D eigenvalue weighted by molar-refractivity contribution is 5.98. The van der Waals surface area contributed by atoms with E-state index < -0.39 is 12.3 Å². The van der Waals surface area contributed by atoms with Gasteiger partial charge in [0.15, 0.2) is 0 Å². The van der Waals surface area contributed by atoms with Gasteiger partial charge in [-0.05, 0) is 32.4 Å². The number of Topliss-reactive ketones (excluding diaryl/α,β-unsaturated/α-hetero) is 1. The third kappa shape index (κ3) is 7.52. The van der Waals surface area contributed by atoms with Crippen LogP contribution < -0.4 is 0 Å². The molecule has 0 fully saturated rings. The molecule has 6 heteroatoms. The summed E-state index contributed by atoms with van der Waals surface area (Å²) in [7, 11) is 0. The number of hydrogen-bond donors (Lipinski definition) is 0. The average Bonchev–Trinajstić information content (AvgIpc) is 2.69. The maximum Gasteiger partial charge on any atom is 0.345 e. The molecule has 27 heavy (non-hydrogen) atoms. The minimum Gasteiger partial charge on any atom is -0.392 e. The number of ketones is 1. The molecule has 0 heterocycles. The van der Waals surface area contributed by atoms with Crippen molar-refractivity contribution < 1.29 is 28.6 Å². The first-order chi connectivity index (χ1) is 13.0. The van der Waals surface area contributed by atoms with Crippen LogP contribution in [0.2, 0.25) is 0 Å². The Morgan fingerprint density at radius 1 is 0.926 bits per heavy atom. The van der Waals surface area contributed by atoms with Crippen molar-refractivity contribution in [2.75, 3.05) is 13.2 Å². The summed E-state index contributed by atoms with van der Waals surface area (Å²) in [5, 5.41) is 0. The molecule has 144 valence electrons. The Balaban J connectivity index is 0.000000277. The highest BCUT2D eigenvalue weighted by atomic mass is 16.7. The molecule has 0 atom stereocenters. The van der Waals surface area contributed by atoms with Gasteiger partial charge >= 0.3 is 12.4 Å². The first-order valence-corrected chi connectivity index (χ1v) is 8.57. The van der Waals surface area contributed by atoms with Crippen molar-refractivity contribution in [3.8, 4) is 0 Å². The Bertz CT molecular complexity index is 720. The number of aryl methyl sites for hydroxylation is 1. The van der Waals surface area contributed by atoms with Crippen molar-refractivity contribution in [2.24, 2.45) is 0 Å². The second-order valence-corrected chi connectivity index (χ2v) is 5.29. The zero-order valence-electron chi connectivity index (χ0n) is 15.7. The zero-order chi connectivity index (χ0) is 20.1. The van der Waals surface area contributed by atoms with Gasteiger partial charge in [0.1, 0.15) is 0 Å². The Kier molecular flexibility index (Phi) is 10.3. The summed E-state index contributed by atoms with van der Waals surface area (Å²) in [4.78, 5) is 32.7. The van der Waals surface area contributed by atoms with Crippen LogP contribution in [0.25, 0.3) is 0 Å². The fourth-order valence-electron chi connectivity index (χ4n) is 2.15. The van der Waals surface area contributed by atoms with Gasteiger partial charge in [-0.3, -0.25) is 9.59 Å². The molecular formula is C21H24O6. The smallest absolute Gasteiger partial charge is 0.345 e. The van der Waals surface area contributed by atoms with Crippen LogP contribution in [0.15, 0.2) is 54.6 Å². The molecule has 0 aliphatic rings. The summed E-state index contributed by atoms with van der Waals surface area (Å²) in [6.07, 6.45) is -0.776. The Hall–Kier alpha value is -2.83. The van der Waals surface area contributed by atoms with Gasteiger partial charge in [0, 0.05) is 18.8 Å². The van der Waals surface area contributed by atoms with Crippen LogP contribution in [0.3, 0.4) is 0 Å². The van der Waals surface area contributed by atoms with Crippen LogP contribution in [0, 0.1) is 6.92 Å². The van der Waals surface area contributed by atoms with E-state index in [0.717, 1.165) is 5.56 Å². The van der Waals surface area contributed by atoms with Gasteiger partial charge in [-0.1, -0.05) is 48.5 Å². The Labute approximate surface area is 159 Å². The van der Waals surface area contributed by atoms with Crippen molar-refractivity contribution in [2.45, 2.75) is 27.1 Å². The number of rotatable bonds is 8. The minimum atomic E-state index is -0.776. The van der Waals surface area contributed by atoms with Crippen LogP contribution >= 0.6 is 0 Å². The molecule has 2 rings (SSSR count). The average molecular weight is 372 g/mol. The molecule has 2 aromatic carbocycles. The van der Waals surface area contributed by atoms with Crippen molar-refractivity contribution >= 4 is 18.2 Å². The summed E-state index contributed by atoms with van der Waals surface area (Å²) >= 11 is 0. The van der Waals surface area contributed by atoms with Crippen LogP contribution in [0.1, 0.15) is 40.1 Å². The molecule has 0 radical (unpaired) electrons. The first kappa shape index (κ1) is 22.2. The van der Waals surface area contributed by atoms with E-state index in [-0.39, 0.29) is 12.3 Å². The maximum absolute atomic E-state index is 11.9. The number of carbonyl (C=O) groups is 3. The summed E-state index contributed by atoms with van der Waals surface area (Å²) in [6.45, 7) is 6.51. The molecule has 2 aromatic rings. The highest BCUT2D eigenvalue weighted by Gasteiger charge is 2.19. The van der Waals surface area contributed by atoms with Gasteiger partial charge in [-0.2, -0.15) is 0 Å². The van der Waals surface area contributed by atoms with Gasteiger partial charge in [0.25, 0.3) is 0 Å². The summed E-state index contributed by atoms with van der Waals surface area (Å²) in [5.74, 6) is -0.734. The number of ether oxygens (including phenoxy) is 3. The van der Waals surface area contributed by atoms with Gasteiger partial charge in [-0.15, -0.1) is 0 Å². The molecule has 0 aliphatic heterocycles. The number of carbonyl (C=O) groups excluding carboxylic acids is 3. The molecule has 0 amide bonds. The highest BCUT2D eigenvalue weighted by Crippen LogP contribution is 2.08. The van der Waals surface area contributed by atoms with E-state index in [1.54, 1.807) is 37.3 Å². The molecule has 0 aromatic heterocycles. The van der Waals surface area contributed by atoms with Gasteiger partial charge in [-0.25, -0.2) is 4.79 Å². The molecule has 6 nitrogen and oxygen atoms in total. The van der Waals surface area contributed by atoms with Crippen molar-refractivity contribution in [3.63, 3.8) is 0 Å². The van der Waals surface area contributed by atoms with Gasteiger partial charge in [0.2, 0.25) is 12.1 Å². The van der Waals surface area contributed by atoms with Crippen molar-refractivity contribution in [3.05, 3.63) is 71.3 Å². The molecule has 0 bridgehead atoms. The predicted molar refractivity (Wildman–Crippen MR) is 100 cm³/mol. The lowest BCUT2D eigenvalue weighted by Gasteiger charge is -2.15. The largest absolute Gasteiger partial charge is 0.392 e. The topological polar surface area (TPSA) is 78.9 Å². The summed E-state index contributed by atoms with van der Waals surface area (Å²) in [6, 6.07) is 15.9. The standard InChI is InChI=1S/C12H16O3.C9H8O3/c1-3-14-12(15-4-2)11(13)10-8-6-5-7-9-10;1-7-4-2-3-5-8(7)9(11)12-6-10/h5-9,12H,3-4H2,1-2H3;2-6H,1H3. The molecule has 0 unspecified atom stereocenters. The molecule has 0 saturated carbocycles. The number of esters is 1. The molecule has 0 aliphatic carbocycles. The van der Waals surface area contributed by atoms with Gasteiger partial charge in [0.05, 0.1) is 5.56 Å². The second kappa shape index (κ2) is 12.5. The lowest BCUT2D eigenvalue weighted by atomic mass is 10.1. The van der Waals surface area contributed by atoms with Crippen LogP contribution in [-0.2, 0) is 19.0 Å². The molecule has 0 spiro atoms. The minimum absolute atomic E-state index is 0.126. The SMILES string of the molecule is CCOC(OCC)C(=O)c1ccccc1.Cc1ccccc1C(=O)OC=O. The molecular weight excluding hydrogens is 348 g/mol. The van der Waals surface area contributed by atoms with Crippen LogP contribution in [0.4, 0.5) is 0 Å². The van der Waals surface area contributed by atoms with Crippen LogP contribution in [-0.4, -0.2) is 37.7 Å². The fourth-order valence-corrected chi connectivity index (χ4v) is 2.15.